The number of amides is 2. The lowest BCUT2D eigenvalue weighted by atomic mass is 9.82. The monoisotopic (exact) mass is 456 g/mol. The van der Waals surface area contributed by atoms with E-state index in [1.807, 2.05) is 30.3 Å². The second kappa shape index (κ2) is 9.89. The standard InChI is InChI=1S/C26H30F2N2O3/c1-29-25(32)21-15-18(14-20-22(16-33-23(20)21)17-8-3-2-4-9-17)24(31)30-13-7-11-19-10-5-6-12-26(19,27)28/h2-4,8-9,14-15,19,22H,5-7,10-13,16H2,1H3,(H,29,32)(H,30,31). The molecule has 2 aliphatic rings. The van der Waals surface area contributed by atoms with E-state index >= 15 is 0 Å². The first kappa shape index (κ1) is 23.2. The molecule has 0 spiro atoms. The van der Waals surface area contributed by atoms with E-state index in [2.05, 4.69) is 10.6 Å². The SMILES string of the molecule is CNC(=O)c1cc(C(=O)NCCCC2CCCCC2(F)F)cc2c1OCC2c1ccccc1. The van der Waals surface area contributed by atoms with Crippen LogP contribution in [0.15, 0.2) is 42.5 Å². The van der Waals surface area contributed by atoms with E-state index in [-0.39, 0.29) is 24.2 Å². The van der Waals surface area contributed by atoms with Crippen LogP contribution in [0.4, 0.5) is 8.78 Å². The van der Waals surface area contributed by atoms with Crippen LogP contribution in [-0.2, 0) is 0 Å². The van der Waals surface area contributed by atoms with Gasteiger partial charge in [0.1, 0.15) is 5.75 Å². The van der Waals surface area contributed by atoms with Gasteiger partial charge in [-0.15, -0.1) is 0 Å². The van der Waals surface area contributed by atoms with Crippen molar-refractivity contribution >= 4 is 11.8 Å². The Morgan fingerprint density at radius 2 is 1.91 bits per heavy atom. The van der Waals surface area contributed by atoms with Crippen molar-refractivity contribution in [2.75, 3.05) is 20.2 Å². The van der Waals surface area contributed by atoms with Crippen molar-refractivity contribution in [1.29, 1.82) is 0 Å². The maximum absolute atomic E-state index is 14.0. The van der Waals surface area contributed by atoms with Gasteiger partial charge in [-0.1, -0.05) is 36.8 Å². The number of halogens is 2. The van der Waals surface area contributed by atoms with E-state index in [1.165, 1.54) is 13.1 Å². The predicted octanol–water partition coefficient (Wildman–Crippen LogP) is 4.91. The van der Waals surface area contributed by atoms with Gasteiger partial charge in [-0.3, -0.25) is 9.59 Å². The highest BCUT2D eigenvalue weighted by molar-refractivity contribution is 6.02. The molecular weight excluding hydrogens is 426 g/mol. The smallest absolute Gasteiger partial charge is 0.254 e. The minimum Gasteiger partial charge on any atom is -0.491 e. The summed E-state index contributed by atoms with van der Waals surface area (Å²) in [4.78, 5) is 25.4. The topological polar surface area (TPSA) is 67.4 Å². The maximum Gasteiger partial charge on any atom is 0.254 e. The maximum atomic E-state index is 14.0. The lowest BCUT2D eigenvalue weighted by Gasteiger charge is -2.31. The number of alkyl halides is 2. The van der Waals surface area contributed by atoms with Crippen molar-refractivity contribution < 1.29 is 23.1 Å². The van der Waals surface area contributed by atoms with E-state index in [4.69, 9.17) is 4.74 Å². The van der Waals surface area contributed by atoms with Crippen molar-refractivity contribution in [3.8, 4) is 5.75 Å². The van der Waals surface area contributed by atoms with Gasteiger partial charge < -0.3 is 15.4 Å². The van der Waals surface area contributed by atoms with Crippen LogP contribution >= 0.6 is 0 Å². The van der Waals surface area contributed by atoms with E-state index in [9.17, 15) is 18.4 Å². The molecule has 33 heavy (non-hydrogen) atoms. The third kappa shape index (κ3) is 5.02. The van der Waals surface area contributed by atoms with Gasteiger partial charge >= 0.3 is 0 Å². The fraction of sp³-hybridized carbons (Fsp3) is 0.462. The molecule has 2 atom stereocenters. The summed E-state index contributed by atoms with van der Waals surface area (Å²) in [6, 6.07) is 13.1. The van der Waals surface area contributed by atoms with Crippen LogP contribution in [0.5, 0.6) is 5.75 Å². The zero-order chi connectivity index (χ0) is 23.4. The third-order valence-corrected chi connectivity index (χ3v) is 6.75. The molecule has 1 aliphatic heterocycles. The number of ether oxygens (including phenoxy) is 1. The van der Waals surface area contributed by atoms with E-state index in [0.717, 1.165) is 17.5 Å². The Balaban J connectivity index is 1.48. The number of carbonyl (C=O) groups is 2. The first-order chi connectivity index (χ1) is 15.9. The van der Waals surface area contributed by atoms with Crippen molar-refractivity contribution in [2.24, 2.45) is 5.92 Å². The summed E-state index contributed by atoms with van der Waals surface area (Å²) >= 11 is 0. The van der Waals surface area contributed by atoms with Gasteiger partial charge in [0.15, 0.2) is 0 Å². The second-order valence-electron chi connectivity index (χ2n) is 8.90. The zero-order valence-corrected chi connectivity index (χ0v) is 18.8. The Labute approximate surface area is 192 Å². The van der Waals surface area contributed by atoms with Crippen LogP contribution in [0.3, 0.4) is 0 Å². The summed E-state index contributed by atoms with van der Waals surface area (Å²) in [5, 5.41) is 5.45. The molecule has 2 N–H and O–H groups in total. The Hall–Kier alpha value is -2.96. The summed E-state index contributed by atoms with van der Waals surface area (Å²) in [6.45, 7) is 0.709. The summed E-state index contributed by atoms with van der Waals surface area (Å²) in [5.74, 6) is -3.43. The molecule has 0 aromatic heterocycles. The van der Waals surface area contributed by atoms with Gasteiger partial charge in [-0.05, 0) is 43.4 Å². The van der Waals surface area contributed by atoms with Crippen LogP contribution in [0, 0.1) is 5.92 Å². The lowest BCUT2D eigenvalue weighted by Crippen LogP contribution is -2.33. The molecule has 1 heterocycles. The molecular formula is C26H30F2N2O3. The molecule has 176 valence electrons. The normalized spacial score (nSPS) is 21.1. The fourth-order valence-corrected chi connectivity index (χ4v) is 4.90. The van der Waals surface area contributed by atoms with Crippen molar-refractivity contribution in [3.63, 3.8) is 0 Å². The van der Waals surface area contributed by atoms with Crippen LogP contribution in [0.2, 0.25) is 0 Å². The quantitative estimate of drug-likeness (QED) is 0.582. The number of carbonyl (C=O) groups excluding carboxylic acids is 2. The molecule has 2 amide bonds. The number of hydrogen-bond donors (Lipinski definition) is 2. The van der Waals surface area contributed by atoms with Crippen LogP contribution < -0.4 is 15.4 Å². The molecule has 4 rings (SSSR count). The molecule has 2 aromatic carbocycles. The first-order valence-corrected chi connectivity index (χ1v) is 11.6. The second-order valence-corrected chi connectivity index (χ2v) is 8.90. The molecule has 1 aliphatic carbocycles. The highest BCUT2D eigenvalue weighted by atomic mass is 19.3. The van der Waals surface area contributed by atoms with Gasteiger partial charge in [0, 0.05) is 43.0 Å². The van der Waals surface area contributed by atoms with Gasteiger partial charge in [0.25, 0.3) is 17.7 Å². The van der Waals surface area contributed by atoms with Crippen LogP contribution in [0.25, 0.3) is 0 Å². The van der Waals surface area contributed by atoms with E-state index in [1.54, 1.807) is 6.07 Å². The number of hydrogen-bond acceptors (Lipinski definition) is 3. The van der Waals surface area contributed by atoms with Crippen LogP contribution in [-0.4, -0.2) is 37.9 Å². The Kier molecular flexibility index (Phi) is 6.96. The molecule has 0 radical (unpaired) electrons. The summed E-state index contributed by atoms with van der Waals surface area (Å²) in [7, 11) is 1.53. The van der Waals surface area contributed by atoms with Crippen molar-refractivity contribution in [1.82, 2.24) is 10.6 Å². The largest absolute Gasteiger partial charge is 0.491 e. The van der Waals surface area contributed by atoms with E-state index < -0.39 is 11.8 Å². The zero-order valence-electron chi connectivity index (χ0n) is 18.8. The summed E-state index contributed by atoms with van der Waals surface area (Å²) < 4.78 is 34.0. The van der Waals surface area contributed by atoms with Gasteiger partial charge in [0.2, 0.25) is 0 Å². The molecule has 0 bridgehead atoms. The number of rotatable bonds is 7. The third-order valence-electron chi connectivity index (χ3n) is 6.75. The number of benzene rings is 2. The molecule has 1 saturated carbocycles. The fourth-order valence-electron chi connectivity index (χ4n) is 4.90. The first-order valence-electron chi connectivity index (χ1n) is 11.6. The Morgan fingerprint density at radius 1 is 1.12 bits per heavy atom. The lowest BCUT2D eigenvalue weighted by molar-refractivity contribution is -0.0884. The number of nitrogens with one attached hydrogen (secondary N) is 2. The molecule has 2 unspecified atom stereocenters. The molecule has 7 heteroatoms. The predicted molar refractivity (Wildman–Crippen MR) is 122 cm³/mol. The molecule has 5 nitrogen and oxygen atoms in total. The average Bonchev–Trinajstić information content (AvgIpc) is 3.26. The highest BCUT2D eigenvalue weighted by Gasteiger charge is 2.40. The highest BCUT2D eigenvalue weighted by Crippen LogP contribution is 2.42. The number of fused-ring (bicyclic) bond motifs is 1. The van der Waals surface area contributed by atoms with Gasteiger partial charge in [-0.2, -0.15) is 0 Å². The van der Waals surface area contributed by atoms with Crippen molar-refractivity contribution in [2.45, 2.75) is 50.4 Å². The minimum atomic E-state index is -2.60. The molecule has 0 saturated heterocycles. The Morgan fingerprint density at radius 3 is 2.64 bits per heavy atom. The Bertz CT molecular complexity index is 1010. The molecule has 1 fully saturated rings. The van der Waals surface area contributed by atoms with E-state index in [0.29, 0.717) is 55.7 Å². The van der Waals surface area contributed by atoms with Crippen LogP contribution in [0.1, 0.15) is 76.3 Å². The molecule has 2 aromatic rings. The minimum absolute atomic E-state index is 0.0356. The summed E-state index contributed by atoms with van der Waals surface area (Å²) in [5.41, 5.74) is 2.53. The van der Waals surface area contributed by atoms with Crippen molar-refractivity contribution in [3.05, 3.63) is 64.7 Å². The van der Waals surface area contributed by atoms with Gasteiger partial charge in [0.05, 0.1) is 12.2 Å². The summed E-state index contributed by atoms with van der Waals surface area (Å²) in [6.07, 6.45) is 2.82. The average molecular weight is 457 g/mol. The van der Waals surface area contributed by atoms with Gasteiger partial charge in [-0.25, -0.2) is 8.78 Å².